The van der Waals surface area contributed by atoms with Crippen LogP contribution in [0.4, 0.5) is 11.7 Å². The maximum Gasteiger partial charge on any atom is 0.295 e. The van der Waals surface area contributed by atoms with Crippen LogP contribution in [0, 0.1) is 10.1 Å². The largest absolute Gasteiger partial charge is 0.496 e. The molecule has 0 amide bonds. The molecule has 0 bridgehead atoms. The van der Waals surface area contributed by atoms with E-state index in [0.29, 0.717) is 23.9 Å². The number of hydrogen-bond donors (Lipinski definition) is 1. The first kappa shape index (κ1) is 23.3. The number of nitro groups is 1. The van der Waals surface area contributed by atoms with Gasteiger partial charge in [0, 0.05) is 23.1 Å². The average Bonchev–Trinajstić information content (AvgIpc) is 3.59. The molecule has 0 radical (unpaired) electrons. The number of nitrogens with one attached hydrogen (secondary N) is 1. The SMILES string of the molecule is COc1ccccc1-c1cnc(NC(Cc2ccc([N+](=O)[O-])cc2)c2csc(-c3ccccc3)n2)o1. The molecule has 36 heavy (non-hydrogen) atoms. The number of methoxy groups -OCH3 is 1. The maximum absolute atomic E-state index is 11.1. The Balaban J connectivity index is 1.44. The lowest BCUT2D eigenvalue weighted by Crippen LogP contribution is -2.14. The number of benzene rings is 3. The highest BCUT2D eigenvalue weighted by atomic mass is 32.1. The third-order valence-corrected chi connectivity index (χ3v) is 6.57. The summed E-state index contributed by atoms with van der Waals surface area (Å²) in [6, 6.07) is 24.2. The molecule has 2 aromatic heterocycles. The second kappa shape index (κ2) is 10.4. The molecule has 0 spiro atoms. The standard InChI is InChI=1S/C27H22N4O4S/c1-34-24-10-6-5-9-21(24)25-16-28-27(35-25)30-22(15-18-11-13-20(14-12-18)31(32)33)23-17-36-26(29-23)19-7-3-2-4-8-19/h2-14,16-17,22H,15H2,1H3,(H,28,30). The fourth-order valence-electron chi connectivity index (χ4n) is 3.84. The van der Waals surface area contributed by atoms with Gasteiger partial charge in [0.1, 0.15) is 10.8 Å². The van der Waals surface area contributed by atoms with E-state index in [-0.39, 0.29) is 11.7 Å². The molecule has 0 saturated carbocycles. The van der Waals surface area contributed by atoms with Gasteiger partial charge in [0.25, 0.3) is 11.7 Å². The Kier molecular flexibility index (Phi) is 6.72. The molecule has 5 rings (SSSR count). The summed E-state index contributed by atoms with van der Waals surface area (Å²) in [5.74, 6) is 1.27. The molecular formula is C27H22N4O4S. The summed E-state index contributed by atoms with van der Waals surface area (Å²) in [7, 11) is 1.61. The van der Waals surface area contributed by atoms with Crippen LogP contribution in [-0.2, 0) is 6.42 Å². The van der Waals surface area contributed by atoms with E-state index in [0.717, 1.165) is 27.4 Å². The zero-order valence-electron chi connectivity index (χ0n) is 19.3. The monoisotopic (exact) mass is 498 g/mol. The Morgan fingerprint density at radius 3 is 2.56 bits per heavy atom. The van der Waals surface area contributed by atoms with E-state index < -0.39 is 4.92 Å². The number of thiazole rings is 1. The van der Waals surface area contributed by atoms with Gasteiger partial charge in [-0.2, -0.15) is 0 Å². The van der Waals surface area contributed by atoms with Crippen molar-refractivity contribution in [1.82, 2.24) is 9.97 Å². The normalized spacial score (nSPS) is 11.7. The Bertz CT molecular complexity index is 1460. The number of para-hydroxylation sites is 1. The Morgan fingerprint density at radius 2 is 1.81 bits per heavy atom. The summed E-state index contributed by atoms with van der Waals surface area (Å²) in [5.41, 5.74) is 3.64. The lowest BCUT2D eigenvalue weighted by molar-refractivity contribution is -0.384. The van der Waals surface area contributed by atoms with E-state index in [9.17, 15) is 10.1 Å². The number of oxazole rings is 1. The summed E-state index contributed by atoms with van der Waals surface area (Å²) in [6.45, 7) is 0. The molecule has 2 heterocycles. The first-order valence-corrected chi connectivity index (χ1v) is 12.1. The van der Waals surface area contributed by atoms with Crippen LogP contribution >= 0.6 is 11.3 Å². The van der Waals surface area contributed by atoms with E-state index in [1.54, 1.807) is 36.8 Å². The Morgan fingerprint density at radius 1 is 1.06 bits per heavy atom. The quantitative estimate of drug-likeness (QED) is 0.176. The van der Waals surface area contributed by atoms with Crippen molar-refractivity contribution in [3.8, 4) is 27.6 Å². The number of rotatable bonds is 9. The highest BCUT2D eigenvalue weighted by Crippen LogP contribution is 2.33. The molecule has 0 saturated heterocycles. The molecule has 180 valence electrons. The number of aromatic nitrogens is 2. The molecule has 8 nitrogen and oxygen atoms in total. The van der Waals surface area contributed by atoms with Gasteiger partial charge in [-0.15, -0.1) is 11.3 Å². The van der Waals surface area contributed by atoms with Crippen molar-refractivity contribution < 1.29 is 14.1 Å². The molecule has 9 heteroatoms. The van der Waals surface area contributed by atoms with Crippen LogP contribution in [-0.4, -0.2) is 22.0 Å². The molecule has 3 aromatic carbocycles. The van der Waals surface area contributed by atoms with Gasteiger partial charge in [-0.3, -0.25) is 10.1 Å². The van der Waals surface area contributed by atoms with Gasteiger partial charge in [-0.25, -0.2) is 9.97 Å². The smallest absolute Gasteiger partial charge is 0.295 e. The summed E-state index contributed by atoms with van der Waals surface area (Å²) < 4.78 is 11.5. The average molecular weight is 499 g/mol. The number of hydrogen-bond acceptors (Lipinski definition) is 8. The lowest BCUT2D eigenvalue weighted by atomic mass is 10.0. The summed E-state index contributed by atoms with van der Waals surface area (Å²) >= 11 is 1.56. The van der Waals surface area contributed by atoms with Gasteiger partial charge in [0.2, 0.25) is 0 Å². The fraction of sp³-hybridized carbons (Fsp3) is 0.111. The third kappa shape index (κ3) is 5.11. The van der Waals surface area contributed by atoms with Gasteiger partial charge in [0.05, 0.1) is 35.5 Å². The highest BCUT2D eigenvalue weighted by Gasteiger charge is 2.20. The summed E-state index contributed by atoms with van der Waals surface area (Å²) in [5, 5.41) is 17.3. The van der Waals surface area contributed by atoms with Crippen molar-refractivity contribution in [3.05, 3.63) is 112 Å². The van der Waals surface area contributed by atoms with E-state index in [1.807, 2.05) is 60.0 Å². The first-order chi connectivity index (χ1) is 17.6. The van der Waals surface area contributed by atoms with Gasteiger partial charge < -0.3 is 14.5 Å². The molecule has 1 N–H and O–H groups in total. The maximum atomic E-state index is 11.1. The number of nitrogens with zero attached hydrogens (tertiary/aromatic N) is 3. The minimum absolute atomic E-state index is 0.0532. The van der Waals surface area contributed by atoms with Crippen molar-refractivity contribution in [2.75, 3.05) is 12.4 Å². The van der Waals surface area contributed by atoms with Crippen molar-refractivity contribution in [2.45, 2.75) is 12.5 Å². The molecular weight excluding hydrogens is 476 g/mol. The fourth-order valence-corrected chi connectivity index (χ4v) is 4.72. The molecule has 5 aromatic rings. The van der Waals surface area contributed by atoms with Crippen LogP contribution in [0.1, 0.15) is 17.3 Å². The summed E-state index contributed by atoms with van der Waals surface area (Å²) in [6.07, 6.45) is 2.18. The summed E-state index contributed by atoms with van der Waals surface area (Å²) in [4.78, 5) is 19.9. The Labute approximate surface area is 211 Å². The van der Waals surface area contributed by atoms with Crippen LogP contribution in [0.15, 0.2) is 94.9 Å². The highest BCUT2D eigenvalue weighted by molar-refractivity contribution is 7.13. The van der Waals surface area contributed by atoms with Crippen molar-refractivity contribution in [2.24, 2.45) is 0 Å². The van der Waals surface area contributed by atoms with Crippen LogP contribution in [0.25, 0.3) is 21.9 Å². The van der Waals surface area contributed by atoms with E-state index in [1.165, 1.54) is 12.1 Å². The molecule has 1 atom stereocenters. The van der Waals surface area contributed by atoms with Crippen LogP contribution in [0.3, 0.4) is 0 Å². The van der Waals surface area contributed by atoms with E-state index >= 15 is 0 Å². The minimum atomic E-state index is -0.405. The number of nitro benzene ring substituents is 1. The van der Waals surface area contributed by atoms with Crippen molar-refractivity contribution >= 4 is 23.0 Å². The number of non-ortho nitro benzene ring substituents is 1. The lowest BCUT2D eigenvalue weighted by Gasteiger charge is -2.16. The van der Waals surface area contributed by atoms with Gasteiger partial charge in [-0.05, 0) is 24.1 Å². The second-order valence-electron chi connectivity index (χ2n) is 8.00. The van der Waals surface area contributed by atoms with Gasteiger partial charge in [0.15, 0.2) is 5.76 Å². The number of anilines is 1. The van der Waals surface area contributed by atoms with Gasteiger partial charge >= 0.3 is 0 Å². The number of ether oxygens (including phenoxy) is 1. The molecule has 0 aliphatic heterocycles. The molecule has 0 fully saturated rings. The van der Waals surface area contributed by atoms with Crippen LogP contribution < -0.4 is 10.1 Å². The molecule has 0 aliphatic rings. The van der Waals surface area contributed by atoms with Gasteiger partial charge in [-0.1, -0.05) is 54.6 Å². The Hall–Kier alpha value is -4.50. The zero-order chi connectivity index (χ0) is 24.9. The molecule has 1 unspecified atom stereocenters. The van der Waals surface area contributed by atoms with Crippen molar-refractivity contribution in [1.29, 1.82) is 0 Å². The predicted molar refractivity (Wildman–Crippen MR) is 139 cm³/mol. The predicted octanol–water partition coefficient (Wildman–Crippen LogP) is 6.78. The second-order valence-corrected chi connectivity index (χ2v) is 8.86. The van der Waals surface area contributed by atoms with Crippen molar-refractivity contribution in [3.63, 3.8) is 0 Å². The van der Waals surface area contributed by atoms with E-state index in [2.05, 4.69) is 10.3 Å². The van der Waals surface area contributed by atoms with Crippen LogP contribution in [0.5, 0.6) is 5.75 Å². The molecule has 0 aliphatic carbocycles. The minimum Gasteiger partial charge on any atom is -0.496 e. The van der Waals surface area contributed by atoms with E-state index in [4.69, 9.17) is 14.1 Å². The topological polar surface area (TPSA) is 103 Å². The van der Waals surface area contributed by atoms with Crippen LogP contribution in [0.2, 0.25) is 0 Å². The third-order valence-electron chi connectivity index (χ3n) is 5.66. The zero-order valence-corrected chi connectivity index (χ0v) is 20.1. The first-order valence-electron chi connectivity index (χ1n) is 11.2.